The van der Waals surface area contributed by atoms with E-state index in [9.17, 15) is 44.9 Å². The first-order valence-electron chi connectivity index (χ1n) is 13.0. The van der Waals surface area contributed by atoms with Crippen molar-refractivity contribution in [2.75, 3.05) is 11.9 Å². The van der Waals surface area contributed by atoms with Crippen LogP contribution in [0.15, 0.2) is 77.7 Å². The molecule has 0 saturated heterocycles. The number of alkyl halides is 6. The lowest BCUT2D eigenvalue weighted by molar-refractivity contribution is -0.392. The Balaban J connectivity index is 1.91. The van der Waals surface area contributed by atoms with Crippen molar-refractivity contribution in [2.24, 2.45) is 0 Å². The number of aryl methyl sites for hydroxylation is 1. The van der Waals surface area contributed by atoms with Crippen molar-refractivity contribution in [1.82, 2.24) is 4.72 Å². The molecule has 3 aromatic rings. The van der Waals surface area contributed by atoms with Crippen molar-refractivity contribution in [3.05, 3.63) is 99.6 Å². The summed E-state index contributed by atoms with van der Waals surface area (Å²) in [5.41, 5.74) is -5.99. The van der Waals surface area contributed by atoms with Gasteiger partial charge in [-0.3, -0.25) is 10.1 Å². The number of hydrogen-bond acceptors (Lipinski definition) is 6. The summed E-state index contributed by atoms with van der Waals surface area (Å²) in [5, 5.41) is 14.1. The molecule has 2 N–H and O–H groups in total. The molecule has 234 valence electrons. The Morgan fingerprint density at radius 1 is 0.930 bits per heavy atom. The monoisotopic (exact) mass is 633 g/mol. The van der Waals surface area contributed by atoms with Crippen LogP contribution in [0.1, 0.15) is 37.0 Å². The van der Waals surface area contributed by atoms with Crippen LogP contribution < -0.4 is 10.0 Å². The van der Waals surface area contributed by atoms with Crippen LogP contribution in [0.4, 0.5) is 37.7 Å². The second-order valence-corrected chi connectivity index (χ2v) is 11.4. The van der Waals surface area contributed by atoms with Crippen molar-refractivity contribution in [2.45, 2.75) is 62.2 Å². The van der Waals surface area contributed by atoms with Crippen LogP contribution in [0.5, 0.6) is 0 Å². The first kappa shape index (κ1) is 33.8. The van der Waals surface area contributed by atoms with Crippen molar-refractivity contribution >= 4 is 21.4 Å². The molecule has 1 atom stereocenters. The lowest BCUT2D eigenvalue weighted by atomic mass is 9.89. The number of benzene rings is 3. The van der Waals surface area contributed by atoms with Crippen LogP contribution in [0.2, 0.25) is 0 Å². The number of rotatable bonds is 13. The minimum Gasteiger partial charge on any atom is -0.383 e. The lowest BCUT2D eigenvalue weighted by Gasteiger charge is -2.38. The van der Waals surface area contributed by atoms with Crippen LogP contribution >= 0.6 is 0 Å². The van der Waals surface area contributed by atoms with Gasteiger partial charge in [0.25, 0.3) is 11.3 Å². The van der Waals surface area contributed by atoms with Crippen LogP contribution in [0, 0.1) is 10.1 Å². The second-order valence-electron chi connectivity index (χ2n) is 9.70. The molecular weight excluding hydrogens is 604 g/mol. The van der Waals surface area contributed by atoms with Crippen LogP contribution in [0.25, 0.3) is 0 Å². The van der Waals surface area contributed by atoms with Gasteiger partial charge in [0.05, 0.1) is 11.5 Å². The lowest BCUT2D eigenvalue weighted by Crippen LogP contribution is -2.55. The Labute approximate surface area is 244 Å². The third-order valence-corrected chi connectivity index (χ3v) is 8.07. The van der Waals surface area contributed by atoms with E-state index < -0.39 is 61.7 Å². The second kappa shape index (κ2) is 13.3. The molecule has 0 radical (unpaired) electrons. The molecule has 3 aromatic carbocycles. The Kier molecular flexibility index (Phi) is 10.5. The van der Waals surface area contributed by atoms with Gasteiger partial charge in [0, 0.05) is 29.9 Å². The van der Waals surface area contributed by atoms with Gasteiger partial charge in [-0.25, -0.2) is 13.1 Å². The van der Waals surface area contributed by atoms with E-state index in [4.69, 9.17) is 4.74 Å². The molecule has 3 rings (SSSR count). The average molecular weight is 634 g/mol. The van der Waals surface area contributed by atoms with Gasteiger partial charge in [-0.15, -0.1) is 0 Å². The van der Waals surface area contributed by atoms with Gasteiger partial charge < -0.3 is 10.1 Å². The Morgan fingerprint density at radius 2 is 1.53 bits per heavy atom. The number of ether oxygens (including phenoxy) is 1. The van der Waals surface area contributed by atoms with Gasteiger partial charge in [-0.2, -0.15) is 26.3 Å². The number of para-hydroxylation sites is 1. The number of nitro benzene ring substituents is 1. The highest BCUT2D eigenvalue weighted by Crippen LogP contribution is 2.53. The van der Waals surface area contributed by atoms with Gasteiger partial charge in [0.2, 0.25) is 10.0 Å². The molecule has 15 heteroatoms. The van der Waals surface area contributed by atoms with Gasteiger partial charge in [-0.05, 0) is 36.6 Å². The maximum atomic E-state index is 14.3. The van der Waals surface area contributed by atoms with Crippen molar-refractivity contribution < 1.29 is 44.4 Å². The summed E-state index contributed by atoms with van der Waals surface area (Å²) in [5.74, 6) is 0. The van der Waals surface area contributed by atoms with Gasteiger partial charge in [0.15, 0.2) is 4.90 Å². The quantitative estimate of drug-likeness (QED) is 0.121. The summed E-state index contributed by atoms with van der Waals surface area (Å²) in [4.78, 5) is 9.84. The highest BCUT2D eigenvalue weighted by atomic mass is 32.2. The van der Waals surface area contributed by atoms with E-state index in [-0.39, 0.29) is 29.8 Å². The summed E-state index contributed by atoms with van der Waals surface area (Å²) in [6.07, 6.45) is -11.3. The fourth-order valence-corrected chi connectivity index (χ4v) is 5.85. The van der Waals surface area contributed by atoms with E-state index in [2.05, 4.69) is 10.0 Å². The average Bonchev–Trinajstić information content (AvgIpc) is 2.92. The molecule has 0 fully saturated rings. The van der Waals surface area contributed by atoms with Crippen LogP contribution in [-0.2, 0) is 33.4 Å². The smallest absolute Gasteiger partial charge is 0.383 e. The number of nitrogens with one attached hydrogen (secondary N) is 2. The number of sulfonamides is 1. The highest BCUT2D eigenvalue weighted by molar-refractivity contribution is 7.89. The Morgan fingerprint density at radius 3 is 2.12 bits per heavy atom. The molecule has 0 aromatic heterocycles. The largest absolute Gasteiger partial charge is 0.430 e. The van der Waals surface area contributed by atoms with Gasteiger partial charge in [0.1, 0.15) is 0 Å². The summed E-state index contributed by atoms with van der Waals surface area (Å²) in [6, 6.07) is 13.5. The van der Waals surface area contributed by atoms with Crippen molar-refractivity contribution in [3.8, 4) is 0 Å². The van der Waals surface area contributed by atoms with E-state index >= 15 is 0 Å². The molecule has 0 aliphatic carbocycles. The minimum atomic E-state index is -5.87. The predicted molar refractivity (Wildman–Crippen MR) is 147 cm³/mol. The first-order chi connectivity index (χ1) is 20.0. The van der Waals surface area contributed by atoms with Crippen LogP contribution in [0.3, 0.4) is 0 Å². The zero-order chi connectivity index (χ0) is 32.1. The van der Waals surface area contributed by atoms with Crippen LogP contribution in [-0.4, -0.2) is 38.3 Å². The summed E-state index contributed by atoms with van der Waals surface area (Å²) in [7, 11) is -4.35. The third kappa shape index (κ3) is 7.64. The van der Waals surface area contributed by atoms with Crippen molar-refractivity contribution in [1.29, 1.82) is 0 Å². The molecule has 0 unspecified atom stereocenters. The fraction of sp³-hybridized carbons (Fsp3) is 0.357. The summed E-state index contributed by atoms with van der Waals surface area (Å²) < 4.78 is 119. The topological polar surface area (TPSA) is 111 Å². The third-order valence-electron chi connectivity index (χ3n) is 6.43. The van der Waals surface area contributed by atoms with E-state index in [0.29, 0.717) is 12.5 Å². The van der Waals surface area contributed by atoms with Gasteiger partial charge in [-0.1, -0.05) is 67.9 Å². The Bertz CT molecular complexity index is 1500. The Hall–Kier alpha value is -3.69. The molecule has 0 heterocycles. The standard InChI is InChI=1S/C28H29F6N3O5S/c1-3-9-21-16-22(26(27(29,30)31,28(32,33)34)42-18-20-10-5-4-6-11-20)14-15-23(21)35-17-19(2)36-43(40,41)25-13-8-7-12-24(25)37(38)39/h4-8,10-16,19,35-36H,3,9,17-18H2,1-2H3/t19-/m0/s1. The van der Waals surface area contributed by atoms with E-state index in [1.54, 1.807) is 13.0 Å². The maximum absolute atomic E-state index is 14.3. The van der Waals surface area contributed by atoms with E-state index in [0.717, 1.165) is 24.3 Å². The zero-order valence-electron chi connectivity index (χ0n) is 23.0. The molecule has 0 amide bonds. The molecular formula is C28H29F6N3O5S. The molecule has 0 aliphatic heterocycles. The SMILES string of the molecule is CCCc1cc(C(OCc2ccccc2)(C(F)(F)F)C(F)(F)F)ccc1NC[C@H](C)NS(=O)(=O)c1ccccc1[N+](=O)[O-]. The number of hydrogen-bond donors (Lipinski definition) is 2. The molecule has 0 saturated carbocycles. The molecule has 0 aliphatic rings. The number of nitro groups is 1. The van der Waals surface area contributed by atoms with E-state index in [1.165, 1.54) is 43.3 Å². The summed E-state index contributed by atoms with van der Waals surface area (Å²) >= 11 is 0. The highest BCUT2D eigenvalue weighted by Gasteiger charge is 2.73. The number of halogens is 6. The number of nitrogens with zero attached hydrogens (tertiary/aromatic N) is 1. The van der Waals surface area contributed by atoms with Crippen molar-refractivity contribution in [3.63, 3.8) is 0 Å². The normalized spacial score (nSPS) is 13.5. The van der Waals surface area contributed by atoms with E-state index in [1.807, 2.05) is 0 Å². The molecule has 0 spiro atoms. The summed E-state index contributed by atoms with van der Waals surface area (Å²) in [6.45, 7) is 2.01. The first-order valence-corrected chi connectivity index (χ1v) is 14.5. The molecule has 0 bridgehead atoms. The molecule has 8 nitrogen and oxygen atoms in total. The minimum absolute atomic E-state index is 0.0942. The maximum Gasteiger partial charge on any atom is 0.430 e. The molecule has 43 heavy (non-hydrogen) atoms. The predicted octanol–water partition coefficient (Wildman–Crippen LogP) is 6.86. The van der Waals surface area contributed by atoms with Gasteiger partial charge >= 0.3 is 12.4 Å². The number of anilines is 1. The zero-order valence-corrected chi connectivity index (χ0v) is 23.8. The fourth-order valence-electron chi connectivity index (χ4n) is 4.43.